The molecule has 2 aliphatic rings. The molecule has 3 heteroatoms. The van der Waals surface area contributed by atoms with E-state index in [1.54, 1.807) is 0 Å². The minimum atomic E-state index is -0.390. The molecule has 2 bridgehead atoms. The fourth-order valence-corrected chi connectivity index (χ4v) is 3.67. The predicted octanol–water partition coefficient (Wildman–Crippen LogP) is 2.75. The maximum absolute atomic E-state index is 11.6. The van der Waals surface area contributed by atoms with Crippen LogP contribution in [0.2, 0.25) is 0 Å². The van der Waals surface area contributed by atoms with E-state index in [2.05, 4.69) is 24.3 Å². The smallest absolute Gasteiger partial charge is 0.127 e. The van der Waals surface area contributed by atoms with Gasteiger partial charge in [0.15, 0.2) is 0 Å². The molecule has 0 heterocycles. The standard InChI is InChI=1S/C14H16N2O/c15-7-1-4-13-6-3-12(9-13)10-14(13,11-17)5-2-8-16/h3,6,11-12H,1-2,4-5,9-10H2. The zero-order valence-electron chi connectivity index (χ0n) is 9.85. The molecule has 0 N–H and O–H groups in total. The van der Waals surface area contributed by atoms with Gasteiger partial charge in [0, 0.05) is 23.7 Å². The van der Waals surface area contributed by atoms with Gasteiger partial charge in [0.25, 0.3) is 0 Å². The Hall–Kier alpha value is -1.61. The number of fused-ring (bicyclic) bond motifs is 2. The molecule has 2 aliphatic carbocycles. The van der Waals surface area contributed by atoms with Crippen LogP contribution in [0.1, 0.15) is 38.5 Å². The van der Waals surface area contributed by atoms with Gasteiger partial charge >= 0.3 is 0 Å². The highest BCUT2D eigenvalue weighted by Crippen LogP contribution is 2.63. The van der Waals surface area contributed by atoms with Crippen molar-refractivity contribution in [3.05, 3.63) is 12.2 Å². The van der Waals surface area contributed by atoms with E-state index >= 15 is 0 Å². The lowest BCUT2D eigenvalue weighted by Gasteiger charge is -2.40. The molecule has 3 atom stereocenters. The number of nitriles is 2. The normalized spacial score (nSPS) is 37.6. The van der Waals surface area contributed by atoms with Crippen LogP contribution in [-0.2, 0) is 4.79 Å². The van der Waals surface area contributed by atoms with Crippen LogP contribution in [0, 0.1) is 39.4 Å². The van der Waals surface area contributed by atoms with Crippen molar-refractivity contribution >= 4 is 6.29 Å². The van der Waals surface area contributed by atoms with E-state index in [0.29, 0.717) is 25.2 Å². The van der Waals surface area contributed by atoms with E-state index < -0.39 is 0 Å². The van der Waals surface area contributed by atoms with Crippen LogP contribution in [0.4, 0.5) is 0 Å². The molecule has 0 spiro atoms. The van der Waals surface area contributed by atoms with E-state index in [1.807, 2.05) is 0 Å². The molecule has 0 amide bonds. The van der Waals surface area contributed by atoms with Crippen LogP contribution < -0.4 is 0 Å². The Morgan fingerprint density at radius 3 is 2.53 bits per heavy atom. The van der Waals surface area contributed by atoms with E-state index in [4.69, 9.17) is 10.5 Å². The Bertz CT molecular complexity index is 410. The second kappa shape index (κ2) is 4.34. The highest BCUT2D eigenvalue weighted by molar-refractivity contribution is 5.64. The highest BCUT2D eigenvalue weighted by Gasteiger charge is 2.58. The maximum atomic E-state index is 11.6. The first-order valence-corrected chi connectivity index (χ1v) is 6.11. The van der Waals surface area contributed by atoms with Crippen molar-refractivity contribution in [3.63, 3.8) is 0 Å². The van der Waals surface area contributed by atoms with Crippen molar-refractivity contribution < 1.29 is 4.79 Å². The lowest BCUT2D eigenvalue weighted by atomic mass is 9.61. The summed E-state index contributed by atoms with van der Waals surface area (Å²) in [6.07, 6.45) is 9.53. The fourth-order valence-electron chi connectivity index (χ4n) is 3.67. The molecule has 0 aromatic rings. The van der Waals surface area contributed by atoms with Gasteiger partial charge in [-0.25, -0.2) is 0 Å². The van der Waals surface area contributed by atoms with Crippen molar-refractivity contribution in [1.82, 2.24) is 0 Å². The van der Waals surface area contributed by atoms with Crippen LogP contribution in [0.5, 0.6) is 0 Å². The summed E-state index contributed by atoms with van der Waals surface area (Å²) in [5.74, 6) is 0.470. The number of carbonyl (C=O) groups excluding carboxylic acids is 1. The van der Waals surface area contributed by atoms with Crippen molar-refractivity contribution in [2.75, 3.05) is 0 Å². The first-order valence-electron chi connectivity index (χ1n) is 6.11. The molecule has 0 aliphatic heterocycles. The minimum Gasteiger partial charge on any atom is -0.303 e. The topological polar surface area (TPSA) is 64.7 Å². The van der Waals surface area contributed by atoms with Gasteiger partial charge in [-0.15, -0.1) is 0 Å². The molecule has 17 heavy (non-hydrogen) atoms. The number of hydrogen-bond acceptors (Lipinski definition) is 3. The molecule has 3 nitrogen and oxygen atoms in total. The number of aldehydes is 1. The molecular formula is C14H16N2O. The minimum absolute atomic E-state index is 0.147. The third-order valence-corrected chi connectivity index (χ3v) is 4.52. The van der Waals surface area contributed by atoms with Gasteiger partial charge in [-0.3, -0.25) is 0 Å². The Morgan fingerprint density at radius 2 is 1.94 bits per heavy atom. The van der Waals surface area contributed by atoms with Gasteiger partial charge in [-0.1, -0.05) is 12.2 Å². The largest absolute Gasteiger partial charge is 0.303 e. The van der Waals surface area contributed by atoms with Crippen molar-refractivity contribution in [2.45, 2.75) is 38.5 Å². The van der Waals surface area contributed by atoms with Gasteiger partial charge in [0.1, 0.15) is 6.29 Å². The molecule has 1 fully saturated rings. The fraction of sp³-hybridized carbons (Fsp3) is 0.643. The molecule has 2 rings (SSSR count). The summed E-state index contributed by atoms with van der Waals surface area (Å²) in [6.45, 7) is 0. The average Bonchev–Trinajstić information content (AvgIpc) is 2.90. The molecule has 0 aromatic heterocycles. The number of hydrogen-bond donors (Lipinski definition) is 0. The van der Waals surface area contributed by atoms with Crippen LogP contribution in [-0.4, -0.2) is 6.29 Å². The van der Waals surface area contributed by atoms with Crippen LogP contribution >= 0.6 is 0 Å². The van der Waals surface area contributed by atoms with Gasteiger partial charge in [0.2, 0.25) is 0 Å². The monoisotopic (exact) mass is 228 g/mol. The first-order chi connectivity index (χ1) is 8.22. The van der Waals surface area contributed by atoms with E-state index in [9.17, 15) is 4.79 Å². The van der Waals surface area contributed by atoms with Gasteiger partial charge in [0.05, 0.1) is 12.1 Å². The second-order valence-electron chi connectivity index (χ2n) is 5.27. The molecule has 1 saturated carbocycles. The summed E-state index contributed by atoms with van der Waals surface area (Å²) < 4.78 is 0. The van der Waals surface area contributed by atoms with Crippen LogP contribution in [0.15, 0.2) is 12.2 Å². The molecule has 88 valence electrons. The predicted molar refractivity (Wildman–Crippen MR) is 62.5 cm³/mol. The first kappa shape index (κ1) is 11.9. The maximum Gasteiger partial charge on any atom is 0.127 e. The molecule has 3 unspecified atom stereocenters. The highest BCUT2D eigenvalue weighted by atomic mass is 16.1. The lowest BCUT2D eigenvalue weighted by Crippen LogP contribution is -2.38. The van der Waals surface area contributed by atoms with Gasteiger partial charge < -0.3 is 4.79 Å². The Kier molecular flexibility index (Phi) is 3.03. The zero-order chi connectivity index (χ0) is 12.4. The number of carbonyl (C=O) groups is 1. The van der Waals surface area contributed by atoms with E-state index in [-0.39, 0.29) is 10.8 Å². The van der Waals surface area contributed by atoms with Crippen LogP contribution in [0.3, 0.4) is 0 Å². The number of allylic oxidation sites excluding steroid dienone is 2. The summed E-state index contributed by atoms with van der Waals surface area (Å²) in [5, 5.41) is 17.5. The molecular weight excluding hydrogens is 212 g/mol. The van der Waals surface area contributed by atoms with Crippen LogP contribution in [0.25, 0.3) is 0 Å². The number of rotatable bonds is 5. The lowest BCUT2D eigenvalue weighted by molar-refractivity contribution is -0.121. The summed E-state index contributed by atoms with van der Waals surface area (Å²) in [4.78, 5) is 11.6. The quantitative estimate of drug-likeness (QED) is 0.536. The Morgan fingerprint density at radius 1 is 1.24 bits per heavy atom. The molecule has 0 radical (unpaired) electrons. The molecule has 0 saturated heterocycles. The third-order valence-electron chi connectivity index (χ3n) is 4.52. The van der Waals surface area contributed by atoms with Gasteiger partial charge in [-0.2, -0.15) is 10.5 Å². The van der Waals surface area contributed by atoms with Gasteiger partial charge in [-0.05, 0) is 31.6 Å². The summed E-state index contributed by atoms with van der Waals surface area (Å²) >= 11 is 0. The summed E-state index contributed by atoms with van der Waals surface area (Å²) in [6, 6.07) is 4.31. The summed E-state index contributed by atoms with van der Waals surface area (Å²) in [5.41, 5.74) is -0.537. The Balaban J connectivity index is 2.26. The number of nitrogens with zero attached hydrogens (tertiary/aromatic N) is 2. The van der Waals surface area contributed by atoms with E-state index in [1.165, 1.54) is 0 Å². The Labute approximate surface area is 102 Å². The zero-order valence-corrected chi connectivity index (χ0v) is 9.85. The average molecular weight is 228 g/mol. The molecule has 0 aromatic carbocycles. The van der Waals surface area contributed by atoms with Crippen molar-refractivity contribution in [1.29, 1.82) is 10.5 Å². The SMILES string of the molecule is N#CCCC1(C=O)CC2C=CC1(CCC#N)C2. The van der Waals surface area contributed by atoms with E-state index in [0.717, 1.165) is 25.5 Å². The van der Waals surface area contributed by atoms with Crippen molar-refractivity contribution in [3.8, 4) is 12.1 Å². The summed E-state index contributed by atoms with van der Waals surface area (Å²) in [7, 11) is 0. The van der Waals surface area contributed by atoms with Crippen molar-refractivity contribution in [2.24, 2.45) is 16.7 Å². The third kappa shape index (κ3) is 1.67. The second-order valence-corrected chi connectivity index (χ2v) is 5.27.